The fourth-order valence-electron chi connectivity index (χ4n) is 0.816. The van der Waals surface area contributed by atoms with Gasteiger partial charge in [-0.25, -0.2) is 0 Å². The topological polar surface area (TPSA) is 41.5 Å². The number of benzene rings is 1. The standard InChI is InChI=1S/C9H13NO2/c1-2-12-7-10-8-3-5-9(11)6-4-8/h3-6,10-11H,2,7H2,1H3. The van der Waals surface area contributed by atoms with E-state index in [4.69, 9.17) is 9.84 Å². The Kier molecular flexibility index (Phi) is 3.41. The minimum absolute atomic E-state index is 0.275. The molecule has 0 saturated carbocycles. The molecule has 0 aliphatic carbocycles. The first-order valence-electron chi connectivity index (χ1n) is 3.93. The lowest BCUT2D eigenvalue weighted by Crippen LogP contribution is -2.04. The molecule has 0 aliphatic rings. The molecule has 3 heteroatoms. The Labute approximate surface area is 72.0 Å². The van der Waals surface area contributed by atoms with E-state index in [9.17, 15) is 0 Å². The molecule has 0 amide bonds. The van der Waals surface area contributed by atoms with Gasteiger partial charge in [0.1, 0.15) is 12.5 Å². The Morgan fingerprint density at radius 2 is 2.00 bits per heavy atom. The van der Waals surface area contributed by atoms with Gasteiger partial charge in [-0.2, -0.15) is 0 Å². The SMILES string of the molecule is CCOCNc1ccc(O)cc1. The molecule has 0 radical (unpaired) electrons. The molecule has 0 aliphatic heterocycles. The zero-order chi connectivity index (χ0) is 8.81. The fraction of sp³-hybridized carbons (Fsp3) is 0.333. The molecular formula is C9H13NO2. The van der Waals surface area contributed by atoms with Gasteiger partial charge in [0, 0.05) is 12.3 Å². The molecule has 12 heavy (non-hydrogen) atoms. The van der Waals surface area contributed by atoms with Crippen LogP contribution in [0.2, 0.25) is 0 Å². The van der Waals surface area contributed by atoms with Gasteiger partial charge in [0.25, 0.3) is 0 Å². The molecule has 0 fully saturated rings. The number of phenols is 1. The Hall–Kier alpha value is -1.22. The van der Waals surface area contributed by atoms with E-state index >= 15 is 0 Å². The van der Waals surface area contributed by atoms with Gasteiger partial charge in [0.15, 0.2) is 0 Å². The summed E-state index contributed by atoms with van der Waals surface area (Å²) >= 11 is 0. The summed E-state index contributed by atoms with van der Waals surface area (Å²) in [6.45, 7) is 3.14. The van der Waals surface area contributed by atoms with Gasteiger partial charge in [-0.15, -0.1) is 0 Å². The van der Waals surface area contributed by atoms with Crippen molar-refractivity contribution in [2.75, 3.05) is 18.7 Å². The van der Waals surface area contributed by atoms with E-state index < -0.39 is 0 Å². The van der Waals surface area contributed by atoms with Gasteiger partial charge in [-0.05, 0) is 31.2 Å². The van der Waals surface area contributed by atoms with Gasteiger partial charge >= 0.3 is 0 Å². The second-order valence-electron chi connectivity index (χ2n) is 2.36. The van der Waals surface area contributed by atoms with Crippen molar-refractivity contribution in [1.29, 1.82) is 0 Å². The second-order valence-corrected chi connectivity index (χ2v) is 2.36. The van der Waals surface area contributed by atoms with Crippen molar-refractivity contribution < 1.29 is 9.84 Å². The highest BCUT2D eigenvalue weighted by atomic mass is 16.5. The minimum Gasteiger partial charge on any atom is -0.508 e. The van der Waals surface area contributed by atoms with Crippen LogP contribution in [0.1, 0.15) is 6.92 Å². The first-order valence-corrected chi connectivity index (χ1v) is 3.93. The molecule has 3 nitrogen and oxygen atoms in total. The third-order valence-corrected chi connectivity index (χ3v) is 1.45. The molecule has 0 spiro atoms. The number of rotatable bonds is 4. The van der Waals surface area contributed by atoms with E-state index in [2.05, 4.69) is 5.32 Å². The zero-order valence-electron chi connectivity index (χ0n) is 7.08. The lowest BCUT2D eigenvalue weighted by molar-refractivity contribution is 0.167. The molecule has 66 valence electrons. The predicted octanol–water partition coefficient (Wildman–Crippen LogP) is 1.80. The van der Waals surface area contributed by atoms with Crippen LogP contribution in [0.3, 0.4) is 0 Å². The number of hydrogen-bond acceptors (Lipinski definition) is 3. The summed E-state index contributed by atoms with van der Waals surface area (Å²) in [5.74, 6) is 0.275. The summed E-state index contributed by atoms with van der Waals surface area (Å²) in [6, 6.07) is 6.87. The van der Waals surface area contributed by atoms with E-state index in [1.807, 2.05) is 6.92 Å². The van der Waals surface area contributed by atoms with Crippen LogP contribution in [0, 0.1) is 0 Å². The van der Waals surface area contributed by atoms with Gasteiger partial charge in [-0.3, -0.25) is 0 Å². The van der Waals surface area contributed by atoms with Crippen molar-refractivity contribution in [1.82, 2.24) is 0 Å². The smallest absolute Gasteiger partial charge is 0.116 e. The van der Waals surface area contributed by atoms with Crippen molar-refractivity contribution in [3.05, 3.63) is 24.3 Å². The average Bonchev–Trinajstić information content (AvgIpc) is 2.09. The molecule has 1 aromatic rings. The molecule has 2 N–H and O–H groups in total. The summed E-state index contributed by atoms with van der Waals surface area (Å²) < 4.78 is 5.09. The van der Waals surface area contributed by atoms with Crippen molar-refractivity contribution >= 4 is 5.69 Å². The van der Waals surface area contributed by atoms with Crippen LogP contribution < -0.4 is 5.32 Å². The fourth-order valence-corrected chi connectivity index (χ4v) is 0.816. The lowest BCUT2D eigenvalue weighted by atomic mass is 10.3. The van der Waals surface area contributed by atoms with Crippen molar-refractivity contribution in [2.24, 2.45) is 0 Å². The number of ether oxygens (including phenoxy) is 1. The van der Waals surface area contributed by atoms with Crippen LogP contribution >= 0.6 is 0 Å². The van der Waals surface area contributed by atoms with E-state index in [1.54, 1.807) is 24.3 Å². The summed E-state index contributed by atoms with van der Waals surface area (Å²) in [4.78, 5) is 0. The largest absolute Gasteiger partial charge is 0.508 e. The Bertz CT molecular complexity index is 220. The van der Waals surface area contributed by atoms with Crippen LogP contribution in [-0.4, -0.2) is 18.4 Å². The van der Waals surface area contributed by atoms with E-state index in [0.717, 1.165) is 5.69 Å². The first kappa shape index (κ1) is 8.87. The van der Waals surface area contributed by atoms with Crippen molar-refractivity contribution in [3.8, 4) is 5.75 Å². The molecule has 0 atom stereocenters. The molecule has 1 rings (SSSR count). The number of anilines is 1. The van der Waals surface area contributed by atoms with E-state index in [0.29, 0.717) is 13.3 Å². The molecule has 0 unspecified atom stereocenters. The monoisotopic (exact) mass is 167 g/mol. The number of hydrogen-bond donors (Lipinski definition) is 2. The molecule has 0 bridgehead atoms. The average molecular weight is 167 g/mol. The van der Waals surface area contributed by atoms with Gasteiger partial charge in [-0.1, -0.05) is 0 Å². The van der Waals surface area contributed by atoms with Crippen LogP contribution in [0.5, 0.6) is 5.75 Å². The van der Waals surface area contributed by atoms with E-state index in [-0.39, 0.29) is 5.75 Å². The predicted molar refractivity (Wildman–Crippen MR) is 48.2 cm³/mol. The maximum atomic E-state index is 8.97. The molecular weight excluding hydrogens is 154 g/mol. The van der Waals surface area contributed by atoms with Crippen molar-refractivity contribution in [3.63, 3.8) is 0 Å². The molecule has 0 heterocycles. The summed E-state index contributed by atoms with van der Waals surface area (Å²) in [7, 11) is 0. The maximum absolute atomic E-state index is 8.97. The molecule has 0 aromatic heterocycles. The van der Waals surface area contributed by atoms with Crippen molar-refractivity contribution in [2.45, 2.75) is 6.92 Å². The molecule has 0 saturated heterocycles. The highest BCUT2D eigenvalue weighted by Crippen LogP contribution is 2.12. The van der Waals surface area contributed by atoms with Crippen LogP contribution in [0.25, 0.3) is 0 Å². The Morgan fingerprint density at radius 1 is 1.33 bits per heavy atom. The number of phenolic OH excluding ortho intramolecular Hbond substituents is 1. The summed E-state index contributed by atoms with van der Waals surface area (Å²) in [6.07, 6.45) is 0. The normalized spacial score (nSPS) is 9.75. The van der Waals surface area contributed by atoms with Gasteiger partial charge < -0.3 is 15.2 Å². The van der Waals surface area contributed by atoms with Crippen LogP contribution in [0.4, 0.5) is 5.69 Å². The number of aromatic hydroxyl groups is 1. The zero-order valence-corrected chi connectivity index (χ0v) is 7.08. The van der Waals surface area contributed by atoms with E-state index in [1.165, 1.54) is 0 Å². The lowest BCUT2D eigenvalue weighted by Gasteiger charge is -2.05. The third-order valence-electron chi connectivity index (χ3n) is 1.45. The molecule has 1 aromatic carbocycles. The minimum atomic E-state index is 0.275. The maximum Gasteiger partial charge on any atom is 0.116 e. The van der Waals surface area contributed by atoms with Crippen LogP contribution in [0.15, 0.2) is 24.3 Å². The first-order chi connectivity index (χ1) is 5.83. The van der Waals surface area contributed by atoms with Crippen LogP contribution in [-0.2, 0) is 4.74 Å². The number of nitrogens with one attached hydrogen (secondary N) is 1. The second kappa shape index (κ2) is 4.62. The highest BCUT2D eigenvalue weighted by molar-refractivity contribution is 5.45. The summed E-state index contributed by atoms with van der Waals surface area (Å²) in [5, 5.41) is 12.0. The van der Waals surface area contributed by atoms with Gasteiger partial charge in [0.05, 0.1) is 0 Å². The Morgan fingerprint density at radius 3 is 2.58 bits per heavy atom. The highest BCUT2D eigenvalue weighted by Gasteiger charge is 1.90. The van der Waals surface area contributed by atoms with Gasteiger partial charge in [0.2, 0.25) is 0 Å². The Balaban J connectivity index is 2.37. The quantitative estimate of drug-likeness (QED) is 0.408. The summed E-state index contributed by atoms with van der Waals surface area (Å²) in [5.41, 5.74) is 0.946. The third kappa shape index (κ3) is 2.80.